The molecule has 2 aromatic rings. The number of hydrogen-bond donors (Lipinski definition) is 1. The van der Waals surface area contributed by atoms with Crippen molar-refractivity contribution in [3.63, 3.8) is 0 Å². The Morgan fingerprint density at radius 3 is 2.46 bits per heavy atom. The second-order valence-corrected chi connectivity index (χ2v) is 6.56. The summed E-state index contributed by atoms with van der Waals surface area (Å²) in [6.07, 6.45) is 0.299. The molecule has 24 heavy (non-hydrogen) atoms. The van der Waals surface area contributed by atoms with Crippen LogP contribution in [-0.4, -0.2) is 52.8 Å². The smallest absolute Gasteiger partial charge is 0.228 e. The summed E-state index contributed by atoms with van der Waals surface area (Å²) >= 11 is 1.49. The van der Waals surface area contributed by atoms with E-state index in [0.717, 1.165) is 16.5 Å². The number of aromatic nitrogens is 1. The Balaban J connectivity index is 1.53. The van der Waals surface area contributed by atoms with Gasteiger partial charge < -0.3 is 15.1 Å². The van der Waals surface area contributed by atoms with Gasteiger partial charge in [0.15, 0.2) is 5.13 Å². The molecule has 2 heterocycles. The third kappa shape index (κ3) is 4.11. The van der Waals surface area contributed by atoms with Gasteiger partial charge in [0.25, 0.3) is 0 Å². The fourth-order valence-corrected chi connectivity index (χ4v) is 3.36. The fraction of sp³-hybridized carbons (Fsp3) is 0.353. The molecule has 1 aliphatic rings. The Hall–Kier alpha value is -2.41. The Labute approximate surface area is 145 Å². The number of benzene rings is 1. The van der Waals surface area contributed by atoms with Gasteiger partial charge in [-0.15, -0.1) is 11.3 Å². The van der Waals surface area contributed by atoms with Crippen LogP contribution in [0.1, 0.15) is 12.6 Å². The number of carbonyl (C=O) groups excluding carboxylic acids is 2. The molecule has 2 amide bonds. The largest absolute Gasteiger partial charge is 0.339 e. The molecule has 0 radical (unpaired) electrons. The Kier molecular flexibility index (Phi) is 5.10. The van der Waals surface area contributed by atoms with Crippen molar-refractivity contribution in [1.82, 2.24) is 14.8 Å². The molecular weight excluding hydrogens is 324 g/mol. The summed E-state index contributed by atoms with van der Waals surface area (Å²) in [5.74, 6) is 0.132. The van der Waals surface area contributed by atoms with E-state index in [0.29, 0.717) is 32.6 Å². The van der Waals surface area contributed by atoms with Crippen molar-refractivity contribution in [3.05, 3.63) is 41.4 Å². The summed E-state index contributed by atoms with van der Waals surface area (Å²) in [4.78, 5) is 31.8. The quantitative estimate of drug-likeness (QED) is 0.923. The molecule has 0 atom stereocenters. The number of amides is 2. The molecule has 3 rings (SSSR count). The Bertz CT molecular complexity index is 708. The summed E-state index contributed by atoms with van der Waals surface area (Å²) < 4.78 is 0. The monoisotopic (exact) mass is 344 g/mol. The number of carbonyl (C=O) groups is 2. The van der Waals surface area contributed by atoms with Gasteiger partial charge in [0.2, 0.25) is 11.8 Å². The van der Waals surface area contributed by atoms with E-state index in [1.54, 1.807) is 11.8 Å². The van der Waals surface area contributed by atoms with E-state index in [1.165, 1.54) is 11.3 Å². The number of nitrogens with one attached hydrogen (secondary N) is 1. The summed E-state index contributed by atoms with van der Waals surface area (Å²) in [6.45, 7) is 3.97. The molecule has 6 nitrogen and oxygen atoms in total. The summed E-state index contributed by atoms with van der Waals surface area (Å²) in [6, 6.07) is 9.83. The molecular formula is C17H20N4O2S. The third-order valence-corrected chi connectivity index (χ3v) is 4.79. The van der Waals surface area contributed by atoms with Crippen molar-refractivity contribution in [1.29, 1.82) is 0 Å². The zero-order valence-electron chi connectivity index (χ0n) is 13.6. The predicted octanol–water partition coefficient (Wildman–Crippen LogP) is 2.12. The first kappa shape index (κ1) is 16.4. The van der Waals surface area contributed by atoms with Gasteiger partial charge in [-0.1, -0.05) is 18.2 Å². The average Bonchev–Trinajstić information content (AvgIpc) is 3.02. The number of thiazole rings is 1. The van der Waals surface area contributed by atoms with Gasteiger partial charge in [-0.3, -0.25) is 9.59 Å². The highest BCUT2D eigenvalue weighted by Gasteiger charge is 2.22. The van der Waals surface area contributed by atoms with Gasteiger partial charge in [-0.05, 0) is 12.1 Å². The van der Waals surface area contributed by atoms with Gasteiger partial charge in [-0.2, -0.15) is 0 Å². The molecule has 1 aliphatic heterocycles. The predicted molar refractivity (Wildman–Crippen MR) is 94.4 cm³/mol. The van der Waals surface area contributed by atoms with Crippen LogP contribution in [0, 0.1) is 0 Å². The lowest BCUT2D eigenvalue weighted by atomic mass is 10.2. The van der Waals surface area contributed by atoms with Gasteiger partial charge in [0.05, 0.1) is 12.1 Å². The molecule has 1 aromatic heterocycles. The van der Waals surface area contributed by atoms with Gasteiger partial charge in [0, 0.05) is 44.2 Å². The lowest BCUT2D eigenvalue weighted by Crippen LogP contribution is -2.50. The Morgan fingerprint density at radius 1 is 1.12 bits per heavy atom. The zero-order valence-corrected chi connectivity index (χ0v) is 14.4. The van der Waals surface area contributed by atoms with Crippen LogP contribution in [0.2, 0.25) is 0 Å². The van der Waals surface area contributed by atoms with E-state index < -0.39 is 0 Å². The second-order valence-electron chi connectivity index (χ2n) is 5.70. The zero-order chi connectivity index (χ0) is 16.9. The maximum absolute atomic E-state index is 12.4. The number of hydrogen-bond acceptors (Lipinski definition) is 5. The summed E-state index contributed by atoms with van der Waals surface area (Å²) in [7, 11) is 0. The van der Waals surface area contributed by atoms with Crippen molar-refractivity contribution in [3.8, 4) is 0 Å². The molecule has 7 heteroatoms. The van der Waals surface area contributed by atoms with Crippen LogP contribution in [-0.2, 0) is 16.0 Å². The van der Waals surface area contributed by atoms with Gasteiger partial charge >= 0.3 is 0 Å². The summed E-state index contributed by atoms with van der Waals surface area (Å²) in [5, 5.41) is 5.93. The van der Waals surface area contributed by atoms with Crippen molar-refractivity contribution < 1.29 is 9.59 Å². The van der Waals surface area contributed by atoms with Gasteiger partial charge in [0.1, 0.15) is 0 Å². The second kappa shape index (κ2) is 7.44. The van der Waals surface area contributed by atoms with E-state index >= 15 is 0 Å². The highest BCUT2D eigenvalue weighted by molar-refractivity contribution is 7.13. The summed E-state index contributed by atoms with van der Waals surface area (Å²) in [5.41, 5.74) is 1.75. The van der Waals surface area contributed by atoms with E-state index in [1.807, 2.05) is 40.6 Å². The van der Waals surface area contributed by atoms with Crippen LogP contribution < -0.4 is 5.32 Å². The fourth-order valence-electron chi connectivity index (χ4n) is 2.63. The first-order valence-electron chi connectivity index (χ1n) is 7.91. The highest BCUT2D eigenvalue weighted by Crippen LogP contribution is 2.21. The normalized spacial score (nSPS) is 14.5. The number of anilines is 2. The first-order valence-corrected chi connectivity index (χ1v) is 8.79. The number of para-hydroxylation sites is 1. The average molecular weight is 344 g/mol. The lowest BCUT2D eigenvalue weighted by Gasteiger charge is -2.34. The maximum atomic E-state index is 12.4. The minimum absolute atomic E-state index is 0.0646. The van der Waals surface area contributed by atoms with Crippen molar-refractivity contribution >= 4 is 34.0 Å². The standard InChI is InChI=1S/C17H20N4O2S/c1-13(22)20-7-9-21(10-8-20)16(23)11-15-12-24-17(19-15)18-14-5-3-2-4-6-14/h2-6,12H,7-11H2,1H3,(H,18,19). The molecule has 0 unspecified atom stereocenters. The Morgan fingerprint density at radius 2 is 1.79 bits per heavy atom. The van der Waals surface area contributed by atoms with Gasteiger partial charge in [-0.25, -0.2) is 4.98 Å². The molecule has 0 saturated carbocycles. The van der Waals surface area contributed by atoms with Crippen molar-refractivity contribution in [2.24, 2.45) is 0 Å². The molecule has 0 spiro atoms. The van der Waals surface area contributed by atoms with Crippen LogP contribution in [0.5, 0.6) is 0 Å². The number of nitrogens with zero attached hydrogens (tertiary/aromatic N) is 3. The lowest BCUT2D eigenvalue weighted by molar-refractivity contribution is -0.138. The molecule has 1 N–H and O–H groups in total. The van der Waals surface area contributed by atoms with Crippen molar-refractivity contribution in [2.75, 3.05) is 31.5 Å². The maximum Gasteiger partial charge on any atom is 0.228 e. The van der Waals surface area contributed by atoms with Crippen LogP contribution in [0.25, 0.3) is 0 Å². The highest BCUT2D eigenvalue weighted by atomic mass is 32.1. The molecule has 126 valence electrons. The topological polar surface area (TPSA) is 65.5 Å². The van der Waals surface area contributed by atoms with Crippen LogP contribution >= 0.6 is 11.3 Å². The minimum Gasteiger partial charge on any atom is -0.339 e. The SMILES string of the molecule is CC(=O)N1CCN(C(=O)Cc2csc(Nc3ccccc3)n2)CC1. The van der Waals surface area contributed by atoms with Crippen molar-refractivity contribution in [2.45, 2.75) is 13.3 Å². The van der Waals surface area contributed by atoms with E-state index in [-0.39, 0.29) is 11.8 Å². The van der Waals surface area contributed by atoms with E-state index in [4.69, 9.17) is 0 Å². The first-order chi connectivity index (χ1) is 11.6. The van der Waals surface area contributed by atoms with E-state index in [9.17, 15) is 9.59 Å². The molecule has 1 saturated heterocycles. The number of piperazine rings is 1. The van der Waals surface area contributed by atoms with Crippen LogP contribution in [0.4, 0.5) is 10.8 Å². The van der Waals surface area contributed by atoms with E-state index in [2.05, 4.69) is 10.3 Å². The number of rotatable bonds is 4. The molecule has 0 bridgehead atoms. The molecule has 1 aromatic carbocycles. The van der Waals surface area contributed by atoms with Crippen LogP contribution in [0.15, 0.2) is 35.7 Å². The third-order valence-electron chi connectivity index (χ3n) is 3.99. The molecule has 1 fully saturated rings. The minimum atomic E-state index is 0.0646. The van der Waals surface area contributed by atoms with Crippen LogP contribution in [0.3, 0.4) is 0 Å². The molecule has 0 aliphatic carbocycles.